The van der Waals surface area contributed by atoms with Crippen molar-refractivity contribution in [1.82, 2.24) is 0 Å². The molecule has 0 bridgehead atoms. The predicted octanol–water partition coefficient (Wildman–Crippen LogP) is 1.23. The van der Waals surface area contributed by atoms with Gasteiger partial charge in [0, 0.05) is 6.04 Å². The highest BCUT2D eigenvalue weighted by molar-refractivity contribution is 7.16. The Kier molecular flexibility index (Phi) is 5.40. The van der Waals surface area contributed by atoms with Crippen LogP contribution >= 0.6 is 0 Å². The van der Waals surface area contributed by atoms with Gasteiger partial charge in [-0.15, -0.1) is 0 Å². The molecule has 0 aromatic heterocycles. The Bertz CT molecular complexity index is 380. The van der Waals surface area contributed by atoms with E-state index in [9.17, 15) is 8.92 Å². The van der Waals surface area contributed by atoms with Gasteiger partial charge in [0.15, 0.2) is 0 Å². The Morgan fingerprint density at radius 3 is 2.55 bits per heavy atom. The van der Waals surface area contributed by atoms with Crippen LogP contribution in [-0.4, -0.2) is 47.2 Å². The van der Waals surface area contributed by atoms with E-state index in [1.165, 1.54) is 12.8 Å². The molecular weight excluding hydrogens is 324 g/mol. The van der Waals surface area contributed by atoms with Gasteiger partial charge in [-0.2, -0.15) is 0 Å². The maximum absolute atomic E-state index is 11.3. The first kappa shape index (κ1) is 16.6. The van der Waals surface area contributed by atoms with E-state index in [2.05, 4.69) is 0 Å². The van der Waals surface area contributed by atoms with Crippen molar-refractivity contribution in [3.05, 3.63) is 0 Å². The number of rotatable bonds is 8. The van der Waals surface area contributed by atoms with Crippen LogP contribution < -0.4 is 0 Å². The number of epoxide rings is 1. The van der Waals surface area contributed by atoms with Crippen molar-refractivity contribution in [1.29, 1.82) is 0 Å². The van der Waals surface area contributed by atoms with Crippen LogP contribution in [0.5, 0.6) is 0 Å². The fourth-order valence-electron chi connectivity index (χ4n) is 3.03. The Morgan fingerprint density at radius 1 is 1.20 bits per heavy atom. The van der Waals surface area contributed by atoms with Gasteiger partial charge < -0.3 is 21.9 Å². The van der Waals surface area contributed by atoms with Crippen molar-refractivity contribution in [3.63, 3.8) is 0 Å². The maximum atomic E-state index is 11.3. The zero-order chi connectivity index (χ0) is 14.8. The molecular formula is C11H24O5Si4. The van der Waals surface area contributed by atoms with Gasteiger partial charge in [-0.05, 0) is 51.2 Å². The fourth-order valence-corrected chi connectivity index (χ4v) is 13.6. The van der Waals surface area contributed by atoms with Crippen LogP contribution in [0.15, 0.2) is 0 Å². The van der Waals surface area contributed by atoms with Gasteiger partial charge in [0.2, 0.25) is 7.83 Å². The SMILES string of the molecule is C[Si](CCC1CCC2OC2C1)(O[SiH]=O)O[Si](C)(C)[SiH]=O. The Hall–Kier alpha value is 0.188. The summed E-state index contributed by atoms with van der Waals surface area (Å²) in [6, 6.07) is 0.847. The van der Waals surface area contributed by atoms with Crippen LogP contribution in [0.3, 0.4) is 0 Å². The van der Waals surface area contributed by atoms with Crippen LogP contribution in [0, 0.1) is 5.92 Å². The third kappa shape index (κ3) is 4.60. The molecule has 0 N–H and O–H groups in total. The molecule has 1 heterocycles. The van der Waals surface area contributed by atoms with E-state index in [1.54, 1.807) is 0 Å². The summed E-state index contributed by atoms with van der Waals surface area (Å²) in [6.45, 7) is 5.88. The topological polar surface area (TPSA) is 65.1 Å². The highest BCUT2D eigenvalue weighted by atomic mass is 29.2. The molecule has 1 aliphatic carbocycles. The highest BCUT2D eigenvalue weighted by Crippen LogP contribution is 2.41. The molecule has 0 amide bonds. The molecule has 4 atom stereocenters. The lowest BCUT2D eigenvalue weighted by atomic mass is 9.88. The van der Waals surface area contributed by atoms with E-state index >= 15 is 0 Å². The Morgan fingerprint density at radius 2 is 1.95 bits per heavy atom. The normalized spacial score (nSPS) is 31.9. The summed E-state index contributed by atoms with van der Waals surface area (Å²) in [5.41, 5.74) is 0. The summed E-state index contributed by atoms with van der Waals surface area (Å²) < 4.78 is 39.4. The summed E-state index contributed by atoms with van der Waals surface area (Å²) in [5, 5.41) is 0. The second-order valence-corrected chi connectivity index (χ2v) is 19.6. The van der Waals surface area contributed by atoms with Gasteiger partial charge in [-0.3, -0.25) is 0 Å². The molecule has 0 spiro atoms. The summed E-state index contributed by atoms with van der Waals surface area (Å²) in [6.07, 6.45) is 5.60. The average Bonchev–Trinajstić information content (AvgIpc) is 3.14. The average molecular weight is 349 g/mol. The summed E-state index contributed by atoms with van der Waals surface area (Å²) in [7, 11) is -6.72. The molecule has 2 fully saturated rings. The number of ether oxygens (including phenoxy) is 1. The number of hydrogen-bond acceptors (Lipinski definition) is 5. The van der Waals surface area contributed by atoms with Crippen molar-refractivity contribution in [2.24, 2.45) is 5.92 Å². The molecule has 9 heteroatoms. The second kappa shape index (κ2) is 6.53. The van der Waals surface area contributed by atoms with Gasteiger partial charge in [0.25, 0.3) is 8.92 Å². The minimum atomic E-state index is -2.43. The molecule has 114 valence electrons. The minimum absolute atomic E-state index is 0.491. The molecule has 2 rings (SSSR count). The van der Waals surface area contributed by atoms with Crippen LogP contribution in [-0.2, 0) is 21.9 Å². The first-order valence-electron chi connectivity index (χ1n) is 7.31. The summed E-state index contributed by atoms with van der Waals surface area (Å²) in [5.74, 6) is 0.670. The molecule has 1 saturated heterocycles. The van der Waals surface area contributed by atoms with Crippen LogP contribution in [0.4, 0.5) is 0 Å². The molecule has 0 aromatic carbocycles. The van der Waals surface area contributed by atoms with Gasteiger partial charge >= 0.3 is 18.2 Å². The lowest BCUT2D eigenvalue weighted by molar-refractivity contribution is 0.338. The second-order valence-electron chi connectivity index (χ2n) is 6.60. The van der Waals surface area contributed by atoms with E-state index in [0.717, 1.165) is 18.9 Å². The van der Waals surface area contributed by atoms with Crippen molar-refractivity contribution >= 4 is 35.0 Å². The third-order valence-electron chi connectivity index (χ3n) is 4.18. The predicted molar refractivity (Wildman–Crippen MR) is 82.4 cm³/mol. The lowest BCUT2D eigenvalue weighted by Crippen LogP contribution is -2.50. The lowest BCUT2D eigenvalue weighted by Gasteiger charge is -2.33. The Balaban J connectivity index is 1.86. The van der Waals surface area contributed by atoms with Crippen molar-refractivity contribution < 1.29 is 21.9 Å². The summed E-state index contributed by atoms with van der Waals surface area (Å²) in [4.78, 5) is 0. The molecule has 2 aliphatic rings. The molecule has 5 nitrogen and oxygen atoms in total. The van der Waals surface area contributed by atoms with Crippen LogP contribution in [0.25, 0.3) is 0 Å². The van der Waals surface area contributed by atoms with Gasteiger partial charge in [-0.25, -0.2) is 0 Å². The zero-order valence-electron chi connectivity index (χ0n) is 12.5. The maximum Gasteiger partial charge on any atom is 0.474 e. The van der Waals surface area contributed by atoms with Gasteiger partial charge in [0.05, 0.1) is 12.2 Å². The molecule has 20 heavy (non-hydrogen) atoms. The fraction of sp³-hybridized carbons (Fsp3) is 1.00. The molecule has 1 aliphatic heterocycles. The zero-order valence-corrected chi connectivity index (χ0v) is 16.8. The molecule has 0 aromatic rings. The van der Waals surface area contributed by atoms with Crippen molar-refractivity contribution in [2.45, 2.75) is 63.6 Å². The largest absolute Gasteiger partial charge is 0.561 e. The van der Waals surface area contributed by atoms with Crippen molar-refractivity contribution in [2.75, 3.05) is 0 Å². The smallest absolute Gasteiger partial charge is 0.474 e. The minimum Gasteiger partial charge on any atom is -0.561 e. The van der Waals surface area contributed by atoms with Gasteiger partial charge in [-0.1, -0.05) is 0 Å². The van der Waals surface area contributed by atoms with E-state index in [4.69, 9.17) is 13.0 Å². The standard InChI is InChI=1S/C11H24O5Si4/c1-19(2,18-13)16-20(3,15-17-12)7-6-9-4-5-10-11(8-9)14-10/h9-11,17-18H,4-8H2,1-3H3. The van der Waals surface area contributed by atoms with Gasteiger partial charge in [0.1, 0.15) is 0 Å². The molecule has 0 radical (unpaired) electrons. The van der Waals surface area contributed by atoms with E-state index in [-0.39, 0.29) is 0 Å². The van der Waals surface area contributed by atoms with E-state index in [0.29, 0.717) is 18.1 Å². The Labute approximate surface area is 126 Å². The molecule has 1 saturated carbocycles. The first-order valence-corrected chi connectivity index (χ1v) is 16.0. The molecule has 4 unspecified atom stereocenters. The van der Waals surface area contributed by atoms with Crippen molar-refractivity contribution in [3.8, 4) is 0 Å². The third-order valence-corrected chi connectivity index (χ3v) is 14.9. The summed E-state index contributed by atoms with van der Waals surface area (Å²) >= 11 is 0. The van der Waals surface area contributed by atoms with Crippen LogP contribution in [0.1, 0.15) is 25.7 Å². The van der Waals surface area contributed by atoms with E-state index < -0.39 is 35.0 Å². The quantitative estimate of drug-likeness (QED) is 0.487. The van der Waals surface area contributed by atoms with E-state index in [1.807, 2.05) is 19.6 Å². The monoisotopic (exact) mass is 348 g/mol. The van der Waals surface area contributed by atoms with Crippen LogP contribution in [0.2, 0.25) is 25.7 Å². The number of hydrogen-bond donors (Lipinski definition) is 0. The first-order chi connectivity index (χ1) is 9.37. The number of fused-ring (bicyclic) bond motifs is 1. The highest BCUT2D eigenvalue weighted by Gasteiger charge is 2.45.